The molecular formula is C20H18ClNO4. The molecule has 0 aliphatic heterocycles. The Morgan fingerprint density at radius 1 is 1.08 bits per heavy atom. The minimum Gasteiger partial charge on any atom is -0.478 e. The van der Waals surface area contributed by atoms with Gasteiger partial charge in [0.2, 0.25) is 0 Å². The average Bonchev–Trinajstić information content (AvgIpc) is 2.88. The van der Waals surface area contributed by atoms with Gasteiger partial charge in [-0.2, -0.15) is 0 Å². The number of carbonyl (C=O) groups is 2. The second kappa shape index (κ2) is 6.50. The van der Waals surface area contributed by atoms with Gasteiger partial charge in [0.15, 0.2) is 5.60 Å². The number of carboxylic acid groups (broad SMARTS) is 1. The van der Waals surface area contributed by atoms with E-state index in [0.717, 1.165) is 0 Å². The van der Waals surface area contributed by atoms with E-state index in [0.29, 0.717) is 27.4 Å². The number of aromatic nitrogens is 1. The molecule has 26 heavy (non-hydrogen) atoms. The molecule has 6 heteroatoms. The Morgan fingerprint density at radius 2 is 1.69 bits per heavy atom. The van der Waals surface area contributed by atoms with Crippen molar-refractivity contribution in [3.8, 4) is 5.75 Å². The smallest absolute Gasteiger partial charge is 0.338 e. The minimum atomic E-state index is -1.21. The molecule has 0 saturated heterocycles. The lowest BCUT2D eigenvalue weighted by molar-refractivity contribution is 0.0491. The van der Waals surface area contributed by atoms with Gasteiger partial charge >= 0.3 is 5.97 Å². The van der Waals surface area contributed by atoms with E-state index in [1.54, 1.807) is 69.3 Å². The average molecular weight is 372 g/mol. The molecule has 3 aromatic rings. The minimum absolute atomic E-state index is 0.122. The summed E-state index contributed by atoms with van der Waals surface area (Å²) in [5, 5.41) is 10.6. The van der Waals surface area contributed by atoms with Crippen molar-refractivity contribution in [3.05, 3.63) is 64.8 Å². The molecule has 1 aromatic heterocycles. The molecule has 0 aliphatic carbocycles. The van der Waals surface area contributed by atoms with E-state index < -0.39 is 11.6 Å². The van der Waals surface area contributed by atoms with Gasteiger partial charge in [-0.3, -0.25) is 9.36 Å². The SMILES string of the molecule is Cc1c(C(=O)O)c2ccccc2n1C(=O)C(C)(C)Oc1ccc(Cl)cc1. The fourth-order valence-electron chi connectivity index (χ4n) is 3.01. The van der Waals surface area contributed by atoms with Gasteiger partial charge in [-0.1, -0.05) is 29.8 Å². The Balaban J connectivity index is 2.08. The van der Waals surface area contributed by atoms with Crippen LogP contribution < -0.4 is 4.74 Å². The molecule has 3 rings (SSSR count). The maximum atomic E-state index is 13.2. The van der Waals surface area contributed by atoms with Crippen molar-refractivity contribution >= 4 is 34.4 Å². The van der Waals surface area contributed by atoms with Crippen molar-refractivity contribution in [2.75, 3.05) is 0 Å². The van der Waals surface area contributed by atoms with Crippen LogP contribution in [0.25, 0.3) is 10.9 Å². The first-order valence-electron chi connectivity index (χ1n) is 8.05. The largest absolute Gasteiger partial charge is 0.478 e. The molecule has 2 aromatic carbocycles. The second-order valence-electron chi connectivity index (χ2n) is 6.49. The number of ether oxygens (including phenoxy) is 1. The molecule has 0 amide bonds. The fourth-order valence-corrected chi connectivity index (χ4v) is 3.14. The molecule has 5 nitrogen and oxygen atoms in total. The van der Waals surface area contributed by atoms with Crippen LogP contribution in [0.5, 0.6) is 5.75 Å². The maximum Gasteiger partial charge on any atom is 0.338 e. The molecule has 0 aliphatic rings. The molecule has 0 bridgehead atoms. The van der Waals surface area contributed by atoms with Crippen LogP contribution in [0, 0.1) is 6.92 Å². The molecule has 0 spiro atoms. The number of carbonyl (C=O) groups excluding carboxylic acids is 1. The Bertz CT molecular complexity index is 1000. The summed E-state index contributed by atoms with van der Waals surface area (Å²) in [5.74, 6) is -0.921. The van der Waals surface area contributed by atoms with Crippen LogP contribution in [0.2, 0.25) is 5.02 Å². The van der Waals surface area contributed by atoms with Crippen molar-refractivity contribution < 1.29 is 19.4 Å². The molecule has 0 fully saturated rings. The fraction of sp³-hybridized carbons (Fsp3) is 0.200. The lowest BCUT2D eigenvalue weighted by Crippen LogP contribution is -2.42. The third kappa shape index (κ3) is 3.06. The molecule has 0 unspecified atom stereocenters. The van der Waals surface area contributed by atoms with Crippen LogP contribution in [0.4, 0.5) is 0 Å². The first-order valence-corrected chi connectivity index (χ1v) is 8.43. The summed E-state index contributed by atoms with van der Waals surface area (Å²) >= 11 is 5.88. The normalized spacial score (nSPS) is 11.5. The summed E-state index contributed by atoms with van der Waals surface area (Å²) in [5.41, 5.74) is -0.177. The van der Waals surface area contributed by atoms with E-state index in [1.807, 2.05) is 0 Å². The van der Waals surface area contributed by atoms with Gasteiger partial charge < -0.3 is 9.84 Å². The molecule has 1 heterocycles. The zero-order chi connectivity index (χ0) is 19.1. The Labute approximate surface area is 155 Å². The highest BCUT2D eigenvalue weighted by Gasteiger charge is 2.35. The van der Waals surface area contributed by atoms with Gasteiger partial charge in [0.1, 0.15) is 5.75 Å². The first-order chi connectivity index (χ1) is 12.2. The van der Waals surface area contributed by atoms with Crippen LogP contribution in [0.15, 0.2) is 48.5 Å². The summed E-state index contributed by atoms with van der Waals surface area (Å²) in [6, 6.07) is 13.7. The van der Waals surface area contributed by atoms with Crippen molar-refractivity contribution in [2.24, 2.45) is 0 Å². The van der Waals surface area contributed by atoms with Crippen molar-refractivity contribution in [3.63, 3.8) is 0 Å². The van der Waals surface area contributed by atoms with Crippen molar-refractivity contribution in [2.45, 2.75) is 26.4 Å². The highest BCUT2D eigenvalue weighted by Crippen LogP contribution is 2.29. The highest BCUT2D eigenvalue weighted by molar-refractivity contribution is 6.30. The number of carboxylic acids is 1. The van der Waals surface area contributed by atoms with Crippen LogP contribution in [0.1, 0.15) is 34.7 Å². The monoisotopic (exact) mass is 371 g/mol. The Hall–Kier alpha value is -2.79. The van der Waals surface area contributed by atoms with E-state index in [-0.39, 0.29) is 11.5 Å². The topological polar surface area (TPSA) is 68.5 Å². The standard InChI is InChI=1S/C20H18ClNO4/c1-12-17(18(23)24)15-6-4-5-7-16(15)22(12)19(25)20(2,3)26-14-10-8-13(21)9-11-14/h4-11H,1-3H3,(H,23,24). The zero-order valence-corrected chi connectivity index (χ0v) is 15.4. The quantitative estimate of drug-likeness (QED) is 0.715. The van der Waals surface area contributed by atoms with E-state index in [9.17, 15) is 14.7 Å². The Kier molecular flexibility index (Phi) is 4.50. The van der Waals surface area contributed by atoms with Gasteiger partial charge in [-0.15, -0.1) is 0 Å². The molecular weight excluding hydrogens is 354 g/mol. The van der Waals surface area contributed by atoms with Gasteiger partial charge in [-0.25, -0.2) is 4.79 Å². The number of hydrogen-bond acceptors (Lipinski definition) is 3. The van der Waals surface area contributed by atoms with Gasteiger partial charge in [0.05, 0.1) is 11.1 Å². The summed E-state index contributed by atoms with van der Waals surface area (Å²) in [6.07, 6.45) is 0. The van der Waals surface area contributed by atoms with Crippen molar-refractivity contribution in [1.29, 1.82) is 0 Å². The number of nitrogens with zero attached hydrogens (tertiary/aromatic N) is 1. The number of halogens is 1. The van der Waals surface area contributed by atoms with Crippen LogP contribution in [-0.2, 0) is 0 Å². The predicted octanol–water partition coefficient (Wildman–Crippen LogP) is 4.80. The highest BCUT2D eigenvalue weighted by atomic mass is 35.5. The number of aromatic carboxylic acids is 1. The van der Waals surface area contributed by atoms with Gasteiger partial charge in [0.25, 0.3) is 5.91 Å². The molecule has 134 valence electrons. The van der Waals surface area contributed by atoms with Crippen LogP contribution >= 0.6 is 11.6 Å². The molecule has 0 saturated carbocycles. The number of rotatable bonds is 4. The van der Waals surface area contributed by atoms with Gasteiger partial charge in [-0.05, 0) is 51.1 Å². The summed E-state index contributed by atoms with van der Waals surface area (Å²) < 4.78 is 7.28. The van der Waals surface area contributed by atoms with E-state index in [4.69, 9.17) is 16.3 Å². The third-order valence-corrected chi connectivity index (χ3v) is 4.48. The summed E-state index contributed by atoms with van der Waals surface area (Å²) in [4.78, 5) is 24.9. The predicted molar refractivity (Wildman–Crippen MR) is 100 cm³/mol. The zero-order valence-electron chi connectivity index (χ0n) is 14.6. The van der Waals surface area contributed by atoms with Gasteiger partial charge in [0, 0.05) is 16.1 Å². The van der Waals surface area contributed by atoms with Crippen LogP contribution in [0.3, 0.4) is 0 Å². The lowest BCUT2D eigenvalue weighted by atomic mass is 10.1. The number of para-hydroxylation sites is 1. The molecule has 0 atom stereocenters. The lowest BCUT2D eigenvalue weighted by Gasteiger charge is -2.26. The summed E-state index contributed by atoms with van der Waals surface area (Å²) in [7, 11) is 0. The van der Waals surface area contributed by atoms with Crippen molar-refractivity contribution in [1.82, 2.24) is 4.57 Å². The molecule has 0 radical (unpaired) electrons. The summed E-state index contributed by atoms with van der Waals surface area (Å²) in [6.45, 7) is 4.93. The number of hydrogen-bond donors (Lipinski definition) is 1. The third-order valence-electron chi connectivity index (χ3n) is 4.23. The van der Waals surface area contributed by atoms with Crippen LogP contribution in [-0.4, -0.2) is 27.2 Å². The van der Waals surface area contributed by atoms with E-state index in [2.05, 4.69) is 0 Å². The second-order valence-corrected chi connectivity index (χ2v) is 6.93. The maximum absolute atomic E-state index is 13.2. The van der Waals surface area contributed by atoms with E-state index >= 15 is 0 Å². The van der Waals surface area contributed by atoms with E-state index in [1.165, 1.54) is 4.57 Å². The first kappa shape index (κ1) is 18.0. The molecule has 1 N–H and O–H groups in total. The number of fused-ring (bicyclic) bond motifs is 1. The Morgan fingerprint density at radius 3 is 2.31 bits per heavy atom. The number of benzene rings is 2.